The molecule has 0 aliphatic carbocycles. The number of para-hydroxylation sites is 1. The van der Waals surface area contributed by atoms with E-state index >= 15 is 0 Å². The molecule has 2 fully saturated rings. The van der Waals surface area contributed by atoms with Crippen LogP contribution in [0.4, 0.5) is 0 Å². The summed E-state index contributed by atoms with van der Waals surface area (Å²) in [6, 6.07) is 7.81. The van der Waals surface area contributed by atoms with Gasteiger partial charge in [0.2, 0.25) is 11.8 Å². The number of likely N-dealkylation sites (N-methyl/N-ethyl adjacent to an activating group) is 1. The second-order valence-corrected chi connectivity index (χ2v) is 6.95. The quantitative estimate of drug-likeness (QED) is 0.890. The molecule has 0 unspecified atom stereocenters. The summed E-state index contributed by atoms with van der Waals surface area (Å²) in [7, 11) is 2.01. The van der Waals surface area contributed by atoms with Gasteiger partial charge in [-0.15, -0.1) is 0 Å². The Labute approximate surface area is 149 Å². The van der Waals surface area contributed by atoms with E-state index in [4.69, 9.17) is 4.74 Å². The number of piperidine rings is 1. The smallest absolute Gasteiger partial charge is 0.240 e. The van der Waals surface area contributed by atoms with Crippen molar-refractivity contribution < 1.29 is 14.3 Å². The van der Waals surface area contributed by atoms with E-state index in [-0.39, 0.29) is 11.8 Å². The molecule has 6 heteroatoms. The second kappa shape index (κ2) is 7.44. The molecule has 1 spiro atoms. The lowest BCUT2D eigenvalue weighted by molar-refractivity contribution is -0.145. The van der Waals surface area contributed by atoms with Crippen LogP contribution in [-0.2, 0) is 9.59 Å². The summed E-state index contributed by atoms with van der Waals surface area (Å²) in [5, 5.41) is 2.97. The lowest BCUT2D eigenvalue weighted by atomic mass is 9.83. The lowest BCUT2D eigenvalue weighted by Gasteiger charge is -2.48. The molecule has 1 N–H and O–H groups in total. The molecule has 2 aliphatic rings. The first kappa shape index (κ1) is 17.7. The third kappa shape index (κ3) is 3.63. The minimum absolute atomic E-state index is 0.0994. The first-order valence-corrected chi connectivity index (χ1v) is 8.99. The summed E-state index contributed by atoms with van der Waals surface area (Å²) in [6.45, 7) is 5.19. The highest BCUT2D eigenvalue weighted by Gasteiger charge is 2.46. The van der Waals surface area contributed by atoms with E-state index in [1.165, 1.54) is 0 Å². The fourth-order valence-corrected chi connectivity index (χ4v) is 3.75. The van der Waals surface area contributed by atoms with Crippen molar-refractivity contribution >= 4 is 11.8 Å². The molecule has 2 aliphatic heterocycles. The zero-order valence-electron chi connectivity index (χ0n) is 15.1. The second-order valence-electron chi connectivity index (χ2n) is 6.95. The summed E-state index contributed by atoms with van der Waals surface area (Å²) in [5.74, 6) is 1.03. The molecule has 2 amide bonds. The molecule has 6 nitrogen and oxygen atoms in total. The standard InChI is InChI=1S/C19H27N3O3/c1-15-5-3-4-6-16(15)25-14-7-17(23)22-11-8-19(9-12-22)18(24)20-10-13-21(19)2/h3-6H,7-14H2,1-2H3,(H,20,24). The summed E-state index contributed by atoms with van der Waals surface area (Å²) < 4.78 is 5.72. The Morgan fingerprint density at radius 2 is 1.96 bits per heavy atom. The van der Waals surface area contributed by atoms with Crippen molar-refractivity contribution in [1.29, 1.82) is 0 Å². The Kier molecular flexibility index (Phi) is 5.27. The molecule has 0 atom stereocenters. The van der Waals surface area contributed by atoms with Crippen LogP contribution in [0, 0.1) is 6.92 Å². The third-order valence-corrected chi connectivity index (χ3v) is 5.50. The Balaban J connectivity index is 1.48. The molecule has 0 radical (unpaired) electrons. The van der Waals surface area contributed by atoms with Gasteiger partial charge in [0.15, 0.2) is 0 Å². The van der Waals surface area contributed by atoms with Crippen LogP contribution in [0.5, 0.6) is 5.75 Å². The summed E-state index contributed by atoms with van der Waals surface area (Å²) in [5.41, 5.74) is 0.633. The molecule has 136 valence electrons. The van der Waals surface area contributed by atoms with Crippen molar-refractivity contribution in [3.63, 3.8) is 0 Å². The van der Waals surface area contributed by atoms with Gasteiger partial charge >= 0.3 is 0 Å². The minimum atomic E-state index is -0.438. The van der Waals surface area contributed by atoms with Gasteiger partial charge in [-0.2, -0.15) is 0 Å². The van der Waals surface area contributed by atoms with Crippen LogP contribution >= 0.6 is 0 Å². The maximum absolute atomic E-state index is 12.4. The molecule has 0 aromatic heterocycles. The van der Waals surface area contributed by atoms with Gasteiger partial charge in [-0.25, -0.2) is 0 Å². The zero-order valence-corrected chi connectivity index (χ0v) is 15.1. The monoisotopic (exact) mass is 345 g/mol. The average Bonchev–Trinajstić information content (AvgIpc) is 2.62. The Morgan fingerprint density at radius 3 is 2.64 bits per heavy atom. The number of nitrogens with one attached hydrogen (secondary N) is 1. The third-order valence-electron chi connectivity index (χ3n) is 5.50. The van der Waals surface area contributed by atoms with E-state index in [0.717, 1.165) is 17.9 Å². The van der Waals surface area contributed by atoms with E-state index in [2.05, 4.69) is 10.2 Å². The number of hydrogen-bond acceptors (Lipinski definition) is 4. The molecule has 3 rings (SSSR count). The van der Waals surface area contributed by atoms with Crippen LogP contribution in [-0.4, -0.2) is 67.0 Å². The molecular formula is C19H27N3O3. The van der Waals surface area contributed by atoms with Gasteiger partial charge in [0.25, 0.3) is 0 Å². The highest BCUT2D eigenvalue weighted by molar-refractivity contribution is 5.87. The van der Waals surface area contributed by atoms with Gasteiger partial charge in [-0.05, 0) is 38.4 Å². The number of likely N-dealkylation sites (tertiary alicyclic amines) is 1. The van der Waals surface area contributed by atoms with Crippen LogP contribution in [0.2, 0.25) is 0 Å². The fourth-order valence-electron chi connectivity index (χ4n) is 3.75. The number of rotatable bonds is 4. The predicted molar refractivity (Wildman–Crippen MR) is 95.5 cm³/mol. The van der Waals surface area contributed by atoms with Gasteiger partial charge in [0, 0.05) is 26.2 Å². The van der Waals surface area contributed by atoms with Crippen molar-refractivity contribution in [2.24, 2.45) is 0 Å². The maximum atomic E-state index is 12.4. The lowest BCUT2D eigenvalue weighted by Crippen LogP contribution is -2.67. The molecule has 2 saturated heterocycles. The summed E-state index contributed by atoms with van der Waals surface area (Å²) in [6.07, 6.45) is 1.75. The average molecular weight is 345 g/mol. The number of amides is 2. The highest BCUT2D eigenvalue weighted by Crippen LogP contribution is 2.30. The predicted octanol–water partition coefficient (Wildman–Crippen LogP) is 1.19. The number of nitrogens with zero attached hydrogens (tertiary/aromatic N) is 2. The molecule has 1 aromatic carbocycles. The molecule has 25 heavy (non-hydrogen) atoms. The van der Waals surface area contributed by atoms with E-state index in [9.17, 15) is 9.59 Å². The van der Waals surface area contributed by atoms with Crippen molar-refractivity contribution in [3.05, 3.63) is 29.8 Å². The number of hydrogen-bond donors (Lipinski definition) is 1. The summed E-state index contributed by atoms with van der Waals surface area (Å²) in [4.78, 5) is 28.8. The van der Waals surface area contributed by atoms with Gasteiger partial charge in [-0.3, -0.25) is 14.5 Å². The molecular weight excluding hydrogens is 318 g/mol. The van der Waals surface area contributed by atoms with Crippen LogP contribution in [0.15, 0.2) is 24.3 Å². The van der Waals surface area contributed by atoms with Crippen molar-refractivity contribution in [2.75, 3.05) is 39.8 Å². The first-order valence-electron chi connectivity index (χ1n) is 8.99. The van der Waals surface area contributed by atoms with E-state index in [1.54, 1.807) is 0 Å². The van der Waals surface area contributed by atoms with Gasteiger partial charge in [-0.1, -0.05) is 18.2 Å². The number of piperazine rings is 1. The molecule has 1 aromatic rings. The first-order chi connectivity index (χ1) is 12.0. The Bertz CT molecular complexity index is 639. The fraction of sp³-hybridized carbons (Fsp3) is 0.579. The molecule has 0 saturated carbocycles. The largest absolute Gasteiger partial charge is 0.493 e. The van der Waals surface area contributed by atoms with Crippen LogP contribution in [0.25, 0.3) is 0 Å². The minimum Gasteiger partial charge on any atom is -0.493 e. The van der Waals surface area contributed by atoms with Gasteiger partial charge in [0.1, 0.15) is 11.3 Å². The highest BCUT2D eigenvalue weighted by atomic mass is 16.5. The SMILES string of the molecule is Cc1ccccc1OCCC(=O)N1CCC2(CC1)C(=O)NCCN2C. The Hall–Kier alpha value is -2.08. The zero-order chi connectivity index (χ0) is 17.9. The van der Waals surface area contributed by atoms with Crippen LogP contribution in [0.1, 0.15) is 24.8 Å². The van der Waals surface area contributed by atoms with Crippen LogP contribution < -0.4 is 10.1 Å². The van der Waals surface area contributed by atoms with Gasteiger partial charge in [0.05, 0.1) is 13.0 Å². The number of carbonyl (C=O) groups excluding carboxylic acids is 2. The molecule has 2 heterocycles. The molecule has 0 bridgehead atoms. The maximum Gasteiger partial charge on any atom is 0.240 e. The van der Waals surface area contributed by atoms with E-state index < -0.39 is 5.54 Å². The normalized spacial score (nSPS) is 20.4. The van der Waals surface area contributed by atoms with Crippen molar-refractivity contribution in [1.82, 2.24) is 15.1 Å². The van der Waals surface area contributed by atoms with Crippen molar-refractivity contribution in [2.45, 2.75) is 31.7 Å². The van der Waals surface area contributed by atoms with E-state index in [0.29, 0.717) is 45.5 Å². The topological polar surface area (TPSA) is 61.9 Å². The van der Waals surface area contributed by atoms with Gasteiger partial charge < -0.3 is 15.0 Å². The summed E-state index contributed by atoms with van der Waals surface area (Å²) >= 11 is 0. The van der Waals surface area contributed by atoms with E-state index in [1.807, 2.05) is 43.1 Å². The number of benzene rings is 1. The van der Waals surface area contributed by atoms with Crippen molar-refractivity contribution in [3.8, 4) is 5.75 Å². The number of ether oxygens (including phenoxy) is 1. The number of carbonyl (C=O) groups is 2. The number of aryl methyl sites for hydroxylation is 1. The van der Waals surface area contributed by atoms with Crippen LogP contribution in [0.3, 0.4) is 0 Å². The Morgan fingerprint density at radius 1 is 1.24 bits per heavy atom.